The molecule has 0 aliphatic carbocycles. The van der Waals surface area contributed by atoms with Crippen LogP contribution in [-0.4, -0.2) is 34.9 Å². The Bertz CT molecular complexity index is 632. The van der Waals surface area contributed by atoms with E-state index < -0.39 is 5.60 Å². The topological polar surface area (TPSA) is 80.4 Å². The van der Waals surface area contributed by atoms with E-state index >= 15 is 0 Å². The molecule has 5 heteroatoms. The molecule has 0 bridgehead atoms. The third-order valence-corrected chi connectivity index (χ3v) is 4.05. The van der Waals surface area contributed by atoms with E-state index in [1.807, 2.05) is 31.2 Å². The monoisotopic (exact) mass is 273 g/mol. The van der Waals surface area contributed by atoms with Crippen LogP contribution in [0.5, 0.6) is 0 Å². The molecule has 1 fully saturated rings. The Morgan fingerprint density at radius 2 is 2.35 bits per heavy atom. The van der Waals surface area contributed by atoms with Crippen molar-refractivity contribution in [2.45, 2.75) is 25.0 Å². The Kier molecular flexibility index (Phi) is 3.23. The second kappa shape index (κ2) is 4.92. The zero-order valence-electron chi connectivity index (χ0n) is 11.5. The van der Waals surface area contributed by atoms with Gasteiger partial charge in [-0.3, -0.25) is 4.98 Å². The van der Waals surface area contributed by atoms with Crippen LogP contribution >= 0.6 is 0 Å². The summed E-state index contributed by atoms with van der Waals surface area (Å²) in [6.07, 6.45) is 2.21. The Morgan fingerprint density at radius 3 is 3.10 bits per heavy atom. The molecule has 1 aromatic heterocycles. The van der Waals surface area contributed by atoms with Crippen LogP contribution in [0.25, 0.3) is 10.9 Å². The lowest BCUT2D eigenvalue weighted by Crippen LogP contribution is -2.43. The smallest absolute Gasteiger partial charge is 0.110 e. The quantitative estimate of drug-likeness (QED) is 0.743. The maximum Gasteiger partial charge on any atom is 0.110 e. The number of aliphatic hydroxyl groups is 1. The van der Waals surface area contributed by atoms with Crippen LogP contribution in [-0.2, 0) is 4.74 Å². The number of nitrogens with one attached hydrogen (secondary N) is 1. The number of pyridine rings is 1. The number of nitrogens with zero attached hydrogens (tertiary/aromatic N) is 1. The van der Waals surface area contributed by atoms with E-state index in [4.69, 9.17) is 10.5 Å². The van der Waals surface area contributed by atoms with Crippen molar-refractivity contribution in [1.82, 2.24) is 4.98 Å². The number of aromatic nitrogens is 1. The van der Waals surface area contributed by atoms with Crippen LogP contribution in [0.3, 0.4) is 0 Å². The van der Waals surface area contributed by atoms with Gasteiger partial charge < -0.3 is 20.9 Å². The number of nitrogen functional groups attached to an aromatic ring is 1. The lowest BCUT2D eigenvalue weighted by atomic mass is 9.96. The minimum Gasteiger partial charge on any atom is -0.397 e. The van der Waals surface area contributed by atoms with Crippen molar-refractivity contribution < 1.29 is 9.84 Å². The van der Waals surface area contributed by atoms with E-state index in [1.165, 1.54) is 0 Å². The van der Waals surface area contributed by atoms with E-state index in [1.54, 1.807) is 6.20 Å². The van der Waals surface area contributed by atoms with Gasteiger partial charge in [0.25, 0.3) is 0 Å². The van der Waals surface area contributed by atoms with Crippen molar-refractivity contribution in [1.29, 1.82) is 0 Å². The predicted octanol–water partition coefficient (Wildman–Crippen LogP) is 1.77. The molecule has 3 rings (SSSR count). The molecule has 0 radical (unpaired) electrons. The Labute approximate surface area is 117 Å². The van der Waals surface area contributed by atoms with E-state index in [2.05, 4.69) is 10.3 Å². The van der Waals surface area contributed by atoms with Crippen LogP contribution in [0.2, 0.25) is 0 Å². The highest BCUT2D eigenvalue weighted by Crippen LogP contribution is 2.29. The van der Waals surface area contributed by atoms with Gasteiger partial charge in [-0.1, -0.05) is 0 Å². The average molecular weight is 273 g/mol. The van der Waals surface area contributed by atoms with Crippen LogP contribution in [0, 0.1) is 0 Å². The number of hydrogen-bond acceptors (Lipinski definition) is 5. The third-order valence-electron chi connectivity index (χ3n) is 4.05. The number of nitrogens with two attached hydrogens (primary N) is 1. The Morgan fingerprint density at radius 1 is 1.50 bits per heavy atom. The summed E-state index contributed by atoms with van der Waals surface area (Å²) >= 11 is 0. The molecule has 0 spiro atoms. The van der Waals surface area contributed by atoms with Gasteiger partial charge in [0.1, 0.15) is 5.60 Å². The van der Waals surface area contributed by atoms with Crippen LogP contribution in [0.1, 0.15) is 13.3 Å². The van der Waals surface area contributed by atoms with Crippen molar-refractivity contribution in [2.24, 2.45) is 0 Å². The number of ether oxygens (including phenoxy) is 1. The van der Waals surface area contributed by atoms with Crippen LogP contribution in [0.15, 0.2) is 30.5 Å². The summed E-state index contributed by atoms with van der Waals surface area (Å²) in [6.45, 7) is 2.95. The normalized spacial score (nSPS) is 26.0. The first kappa shape index (κ1) is 13.1. The lowest BCUT2D eigenvalue weighted by molar-refractivity contribution is -0.0175. The molecule has 1 aliphatic rings. The molecule has 1 saturated heterocycles. The summed E-state index contributed by atoms with van der Waals surface area (Å²) in [5, 5.41) is 14.8. The second-order valence-electron chi connectivity index (χ2n) is 5.32. The van der Waals surface area contributed by atoms with E-state index in [-0.39, 0.29) is 6.10 Å². The summed E-state index contributed by atoms with van der Waals surface area (Å²) in [5.74, 6) is 0. The highest BCUT2D eigenvalue weighted by Gasteiger charge is 2.39. The molecule has 2 unspecified atom stereocenters. The number of benzene rings is 1. The fourth-order valence-corrected chi connectivity index (χ4v) is 2.60. The summed E-state index contributed by atoms with van der Waals surface area (Å²) in [4.78, 5) is 4.30. The third kappa shape index (κ3) is 2.19. The van der Waals surface area contributed by atoms with Crippen LogP contribution in [0.4, 0.5) is 11.4 Å². The van der Waals surface area contributed by atoms with E-state index in [9.17, 15) is 5.11 Å². The molecule has 5 nitrogen and oxygen atoms in total. The Balaban J connectivity index is 1.87. The molecule has 2 heterocycles. The van der Waals surface area contributed by atoms with Gasteiger partial charge in [-0.25, -0.2) is 0 Å². The van der Waals surface area contributed by atoms with Crippen LogP contribution < -0.4 is 11.1 Å². The fourth-order valence-electron chi connectivity index (χ4n) is 2.60. The van der Waals surface area contributed by atoms with Gasteiger partial charge in [0.15, 0.2) is 0 Å². The maximum atomic E-state index is 10.5. The molecule has 1 aromatic carbocycles. The van der Waals surface area contributed by atoms with E-state index in [0.29, 0.717) is 25.3 Å². The highest BCUT2D eigenvalue weighted by molar-refractivity contribution is 5.98. The van der Waals surface area contributed by atoms with Crippen molar-refractivity contribution >= 4 is 22.3 Å². The number of fused-ring (bicyclic) bond motifs is 1. The molecular weight excluding hydrogens is 254 g/mol. The molecular formula is C15H19N3O2. The standard InChI is InChI=1S/C15H19N3O2/c1-10-15(19,6-8-20-10)9-18-13-5-4-12(16)14-11(13)3-2-7-17-14/h2-5,7,10,18-19H,6,8-9,16H2,1H3. The van der Waals surface area contributed by atoms with Gasteiger partial charge in [0, 0.05) is 36.8 Å². The first-order valence-electron chi connectivity index (χ1n) is 6.81. The second-order valence-corrected chi connectivity index (χ2v) is 5.32. The van der Waals surface area contributed by atoms with Gasteiger partial charge in [-0.2, -0.15) is 0 Å². The van der Waals surface area contributed by atoms with Gasteiger partial charge in [0.05, 0.1) is 17.3 Å². The van der Waals surface area contributed by atoms with Gasteiger partial charge in [-0.05, 0) is 31.2 Å². The van der Waals surface area contributed by atoms with Crippen molar-refractivity contribution in [3.05, 3.63) is 30.5 Å². The van der Waals surface area contributed by atoms with Crippen molar-refractivity contribution in [3.8, 4) is 0 Å². The lowest BCUT2D eigenvalue weighted by Gasteiger charge is -2.27. The minimum absolute atomic E-state index is 0.159. The molecule has 2 aromatic rings. The predicted molar refractivity (Wildman–Crippen MR) is 79.6 cm³/mol. The highest BCUT2D eigenvalue weighted by atomic mass is 16.5. The first-order valence-corrected chi connectivity index (χ1v) is 6.81. The number of hydrogen-bond donors (Lipinski definition) is 3. The number of anilines is 2. The zero-order valence-corrected chi connectivity index (χ0v) is 11.5. The molecule has 20 heavy (non-hydrogen) atoms. The largest absolute Gasteiger partial charge is 0.397 e. The molecule has 106 valence electrons. The minimum atomic E-state index is -0.823. The maximum absolute atomic E-state index is 10.5. The van der Waals surface area contributed by atoms with Gasteiger partial charge in [-0.15, -0.1) is 0 Å². The molecule has 4 N–H and O–H groups in total. The molecule has 2 atom stereocenters. The number of rotatable bonds is 3. The first-order chi connectivity index (χ1) is 9.60. The zero-order chi connectivity index (χ0) is 14.2. The average Bonchev–Trinajstić information content (AvgIpc) is 2.79. The summed E-state index contributed by atoms with van der Waals surface area (Å²) in [6, 6.07) is 7.60. The molecule has 0 saturated carbocycles. The summed E-state index contributed by atoms with van der Waals surface area (Å²) in [5.41, 5.74) is 7.47. The fraction of sp³-hybridized carbons (Fsp3) is 0.400. The SMILES string of the molecule is CC1OCCC1(O)CNc1ccc(N)c2ncccc12. The molecule has 0 amide bonds. The van der Waals surface area contributed by atoms with Gasteiger partial charge in [0.2, 0.25) is 0 Å². The Hall–Kier alpha value is -1.85. The van der Waals surface area contributed by atoms with E-state index in [0.717, 1.165) is 16.6 Å². The summed E-state index contributed by atoms with van der Waals surface area (Å²) < 4.78 is 5.44. The van der Waals surface area contributed by atoms with Crippen molar-refractivity contribution in [2.75, 3.05) is 24.2 Å². The summed E-state index contributed by atoms with van der Waals surface area (Å²) in [7, 11) is 0. The van der Waals surface area contributed by atoms with Gasteiger partial charge >= 0.3 is 0 Å². The van der Waals surface area contributed by atoms with Crippen molar-refractivity contribution in [3.63, 3.8) is 0 Å². The molecule has 1 aliphatic heterocycles.